The number of carbonyl (C=O) groups excluding carboxylic acids is 1. The highest BCUT2D eigenvalue weighted by atomic mass is 35.5. The summed E-state index contributed by atoms with van der Waals surface area (Å²) in [6, 6.07) is 5.21. The molecule has 3 nitrogen and oxygen atoms in total. The average Bonchev–Trinajstić information content (AvgIpc) is 2.67. The molecule has 1 amide bonds. The van der Waals surface area contributed by atoms with Crippen LogP contribution < -0.4 is 0 Å². The largest absolute Gasteiger partial charge is 0.383 e. The second kappa shape index (κ2) is 6.91. The fraction of sp³-hybridized carbons (Fsp3) is 0.231. The molecule has 0 bridgehead atoms. The quantitative estimate of drug-likeness (QED) is 0.611. The van der Waals surface area contributed by atoms with E-state index in [0.29, 0.717) is 38.0 Å². The van der Waals surface area contributed by atoms with Crippen molar-refractivity contribution in [3.8, 4) is 0 Å². The number of nitrogens with zero attached hydrogens (tertiary/aromatic N) is 1. The molecular weight excluding hydrogens is 337 g/mol. The molecule has 0 atom stereocenters. The number of hydrogen-bond acceptors (Lipinski definition) is 4. The van der Waals surface area contributed by atoms with E-state index in [2.05, 4.69) is 0 Å². The Balaban J connectivity index is 2.28. The molecule has 0 aromatic heterocycles. The molecule has 0 aliphatic carbocycles. The fourth-order valence-corrected chi connectivity index (χ4v) is 3.45. The minimum absolute atomic E-state index is 0.145. The van der Waals surface area contributed by atoms with E-state index in [1.165, 1.54) is 16.7 Å². The van der Waals surface area contributed by atoms with Crippen molar-refractivity contribution < 1.29 is 9.53 Å². The average molecular weight is 348 g/mol. The van der Waals surface area contributed by atoms with Gasteiger partial charge in [-0.1, -0.05) is 53.2 Å². The number of thiocarbonyl (C=S) groups is 1. The fourth-order valence-electron chi connectivity index (χ4n) is 1.66. The summed E-state index contributed by atoms with van der Waals surface area (Å²) in [6.07, 6.45) is 1.68. The van der Waals surface area contributed by atoms with Gasteiger partial charge in [-0.2, -0.15) is 0 Å². The lowest BCUT2D eigenvalue weighted by atomic mass is 10.2. The van der Waals surface area contributed by atoms with Crippen LogP contribution in [0, 0.1) is 0 Å². The molecule has 1 aromatic carbocycles. The van der Waals surface area contributed by atoms with E-state index in [-0.39, 0.29) is 5.91 Å². The van der Waals surface area contributed by atoms with Gasteiger partial charge >= 0.3 is 0 Å². The van der Waals surface area contributed by atoms with Crippen molar-refractivity contribution >= 4 is 63.5 Å². The van der Waals surface area contributed by atoms with Gasteiger partial charge in [0.1, 0.15) is 4.32 Å². The molecule has 0 spiro atoms. The normalized spacial score (nSPS) is 17.4. The van der Waals surface area contributed by atoms with Gasteiger partial charge in [-0.15, -0.1) is 0 Å². The van der Waals surface area contributed by atoms with Crippen LogP contribution in [0.5, 0.6) is 0 Å². The Hall–Kier alpha value is -0.590. The summed E-state index contributed by atoms with van der Waals surface area (Å²) in [4.78, 5) is 14.3. The van der Waals surface area contributed by atoms with Crippen LogP contribution in [0.2, 0.25) is 10.0 Å². The molecule has 0 saturated carbocycles. The lowest BCUT2D eigenvalue weighted by molar-refractivity contribution is -0.122. The van der Waals surface area contributed by atoms with E-state index in [0.717, 1.165) is 0 Å². The van der Waals surface area contributed by atoms with E-state index < -0.39 is 0 Å². The number of hydrogen-bond donors (Lipinski definition) is 0. The molecule has 1 aliphatic heterocycles. The zero-order valence-corrected chi connectivity index (χ0v) is 13.7. The van der Waals surface area contributed by atoms with Gasteiger partial charge < -0.3 is 4.74 Å². The van der Waals surface area contributed by atoms with Crippen molar-refractivity contribution in [2.24, 2.45) is 0 Å². The number of halogens is 2. The van der Waals surface area contributed by atoms with Crippen LogP contribution in [-0.4, -0.2) is 35.4 Å². The first-order valence-electron chi connectivity index (χ1n) is 5.73. The van der Waals surface area contributed by atoms with Crippen molar-refractivity contribution in [1.29, 1.82) is 0 Å². The highest BCUT2D eigenvalue weighted by Gasteiger charge is 2.31. The number of carbonyl (C=O) groups is 1. The van der Waals surface area contributed by atoms with Gasteiger partial charge in [0.05, 0.1) is 18.1 Å². The maximum absolute atomic E-state index is 12.3. The first-order valence-corrected chi connectivity index (χ1v) is 7.71. The smallest absolute Gasteiger partial charge is 0.266 e. The van der Waals surface area contributed by atoms with Crippen LogP contribution >= 0.6 is 47.2 Å². The molecule has 1 aromatic rings. The van der Waals surface area contributed by atoms with Crippen molar-refractivity contribution in [2.75, 3.05) is 20.3 Å². The summed E-state index contributed by atoms with van der Waals surface area (Å²) in [5.41, 5.74) is 0.628. The monoisotopic (exact) mass is 347 g/mol. The molecule has 7 heteroatoms. The minimum atomic E-state index is -0.145. The van der Waals surface area contributed by atoms with Gasteiger partial charge in [0.2, 0.25) is 0 Å². The first kappa shape index (κ1) is 15.8. The second-order valence-corrected chi connectivity index (χ2v) is 6.45. The molecule has 0 radical (unpaired) electrons. The minimum Gasteiger partial charge on any atom is -0.383 e. The third-order valence-corrected chi connectivity index (χ3v) is 4.70. The highest BCUT2D eigenvalue weighted by molar-refractivity contribution is 8.26. The van der Waals surface area contributed by atoms with E-state index >= 15 is 0 Å². The van der Waals surface area contributed by atoms with E-state index in [1.807, 2.05) is 0 Å². The Morgan fingerprint density at radius 2 is 2.05 bits per heavy atom. The zero-order valence-electron chi connectivity index (χ0n) is 10.6. The van der Waals surface area contributed by atoms with Crippen LogP contribution in [0.15, 0.2) is 23.1 Å². The molecule has 1 fully saturated rings. The molecule has 106 valence electrons. The van der Waals surface area contributed by atoms with Crippen LogP contribution in [-0.2, 0) is 9.53 Å². The standard InChI is InChI=1S/C13H11Cl2NO2S2/c1-18-6-5-16-12(17)11(20-13(16)19)7-8-9(14)3-2-4-10(8)15/h2-4,7H,5-6H2,1H3/b11-7-. The predicted molar refractivity (Wildman–Crippen MR) is 88.2 cm³/mol. The van der Waals surface area contributed by atoms with Crippen LogP contribution in [0.4, 0.5) is 0 Å². The molecule has 0 N–H and O–H groups in total. The lowest BCUT2D eigenvalue weighted by Gasteiger charge is -2.13. The molecule has 1 saturated heterocycles. The lowest BCUT2D eigenvalue weighted by Crippen LogP contribution is -2.31. The van der Waals surface area contributed by atoms with E-state index in [9.17, 15) is 4.79 Å². The van der Waals surface area contributed by atoms with Gasteiger partial charge in [-0.3, -0.25) is 9.69 Å². The van der Waals surface area contributed by atoms with Crippen LogP contribution in [0.25, 0.3) is 6.08 Å². The van der Waals surface area contributed by atoms with Gasteiger partial charge in [0.15, 0.2) is 0 Å². The number of rotatable bonds is 4. The summed E-state index contributed by atoms with van der Waals surface area (Å²) >= 11 is 18.6. The molecule has 0 unspecified atom stereocenters. The van der Waals surface area contributed by atoms with Gasteiger partial charge in [0, 0.05) is 22.7 Å². The first-order chi connectivity index (χ1) is 9.54. The summed E-state index contributed by atoms with van der Waals surface area (Å²) in [5.74, 6) is -0.145. The maximum Gasteiger partial charge on any atom is 0.266 e. The van der Waals surface area contributed by atoms with E-state index in [4.69, 9.17) is 40.2 Å². The zero-order chi connectivity index (χ0) is 14.7. The summed E-state index contributed by atoms with van der Waals surface area (Å²) in [7, 11) is 1.58. The van der Waals surface area contributed by atoms with Gasteiger partial charge in [-0.05, 0) is 18.2 Å². The van der Waals surface area contributed by atoms with Crippen LogP contribution in [0.1, 0.15) is 5.56 Å². The molecule has 1 aliphatic rings. The number of ether oxygens (including phenoxy) is 1. The SMILES string of the molecule is COCCN1C(=O)/C(=C/c2c(Cl)cccc2Cl)SC1=S. The summed E-state index contributed by atoms with van der Waals surface area (Å²) in [5, 5.41) is 0.999. The Morgan fingerprint density at radius 3 is 2.65 bits per heavy atom. The number of methoxy groups -OCH3 is 1. The highest BCUT2D eigenvalue weighted by Crippen LogP contribution is 2.35. The number of thioether (sulfide) groups is 1. The molecule has 20 heavy (non-hydrogen) atoms. The number of benzene rings is 1. The third-order valence-electron chi connectivity index (χ3n) is 2.67. The predicted octanol–water partition coefficient (Wildman–Crippen LogP) is 3.84. The Kier molecular flexibility index (Phi) is 5.46. The van der Waals surface area contributed by atoms with Crippen molar-refractivity contribution in [3.63, 3.8) is 0 Å². The van der Waals surface area contributed by atoms with Gasteiger partial charge in [0.25, 0.3) is 5.91 Å². The van der Waals surface area contributed by atoms with Crippen molar-refractivity contribution in [2.45, 2.75) is 0 Å². The maximum atomic E-state index is 12.3. The molecular formula is C13H11Cl2NO2S2. The van der Waals surface area contributed by atoms with Gasteiger partial charge in [-0.25, -0.2) is 0 Å². The number of amides is 1. The third kappa shape index (κ3) is 3.35. The van der Waals surface area contributed by atoms with Crippen LogP contribution in [0.3, 0.4) is 0 Å². The Morgan fingerprint density at radius 1 is 1.40 bits per heavy atom. The molecule has 1 heterocycles. The molecule has 2 rings (SSSR count). The summed E-state index contributed by atoms with van der Waals surface area (Å²) in [6.45, 7) is 0.876. The second-order valence-electron chi connectivity index (χ2n) is 3.96. The van der Waals surface area contributed by atoms with Crippen molar-refractivity contribution in [3.05, 3.63) is 38.7 Å². The van der Waals surface area contributed by atoms with Crippen molar-refractivity contribution in [1.82, 2.24) is 4.90 Å². The Labute approximate surface area is 136 Å². The Bertz CT molecular complexity index is 569. The summed E-state index contributed by atoms with van der Waals surface area (Å²) < 4.78 is 5.48. The van der Waals surface area contributed by atoms with E-state index in [1.54, 1.807) is 31.4 Å². The topological polar surface area (TPSA) is 29.5 Å².